The van der Waals surface area contributed by atoms with E-state index in [9.17, 15) is 23.1 Å². The molecule has 116 valence electrons. The highest BCUT2D eigenvalue weighted by molar-refractivity contribution is 5.75. The molecule has 0 aromatic heterocycles. The zero-order valence-corrected chi connectivity index (χ0v) is 11.5. The third-order valence-electron chi connectivity index (χ3n) is 4.30. The van der Waals surface area contributed by atoms with Crippen molar-refractivity contribution in [2.75, 3.05) is 13.1 Å². The van der Waals surface area contributed by atoms with Crippen LogP contribution in [0.2, 0.25) is 0 Å². The first-order valence-electron chi connectivity index (χ1n) is 7.11. The fourth-order valence-corrected chi connectivity index (χ4v) is 2.73. The second-order valence-electron chi connectivity index (χ2n) is 5.86. The molecule has 0 spiro atoms. The van der Waals surface area contributed by atoms with E-state index in [0.29, 0.717) is 5.92 Å². The Labute approximate surface area is 116 Å². The molecule has 0 aromatic rings. The van der Waals surface area contributed by atoms with Crippen molar-refractivity contribution >= 4 is 6.03 Å². The number of halogens is 3. The van der Waals surface area contributed by atoms with E-state index < -0.39 is 24.6 Å². The summed E-state index contributed by atoms with van der Waals surface area (Å²) in [5.41, 5.74) is -2.64. The Kier molecular flexibility index (Phi) is 4.18. The summed E-state index contributed by atoms with van der Waals surface area (Å²) in [4.78, 5) is 13.3. The average Bonchev–Trinajstić information content (AvgIpc) is 3.07. The molecule has 2 fully saturated rings. The van der Waals surface area contributed by atoms with E-state index in [4.69, 9.17) is 0 Å². The molecule has 1 saturated carbocycles. The highest BCUT2D eigenvalue weighted by Crippen LogP contribution is 2.39. The number of nitrogens with zero attached hydrogens (tertiary/aromatic N) is 1. The summed E-state index contributed by atoms with van der Waals surface area (Å²) in [5, 5.41) is 12.4. The predicted octanol–water partition coefficient (Wildman–Crippen LogP) is 2.27. The lowest BCUT2D eigenvalue weighted by Crippen LogP contribution is -2.56. The minimum atomic E-state index is -4.63. The van der Waals surface area contributed by atoms with Gasteiger partial charge in [0.1, 0.15) is 0 Å². The Morgan fingerprint density at radius 1 is 1.40 bits per heavy atom. The van der Waals surface area contributed by atoms with Gasteiger partial charge in [-0.3, -0.25) is 0 Å². The highest BCUT2D eigenvalue weighted by Gasteiger charge is 2.55. The number of hydrogen-bond donors (Lipinski definition) is 2. The van der Waals surface area contributed by atoms with Gasteiger partial charge < -0.3 is 15.3 Å². The van der Waals surface area contributed by atoms with Gasteiger partial charge in [0.2, 0.25) is 0 Å². The van der Waals surface area contributed by atoms with Crippen molar-refractivity contribution < 1.29 is 23.1 Å². The molecule has 0 radical (unpaired) electrons. The molecule has 2 aliphatic rings. The Morgan fingerprint density at radius 3 is 2.50 bits per heavy atom. The van der Waals surface area contributed by atoms with E-state index in [0.717, 1.165) is 19.3 Å². The average molecular weight is 294 g/mol. The Bertz CT molecular complexity index is 365. The van der Waals surface area contributed by atoms with Crippen LogP contribution < -0.4 is 5.32 Å². The second-order valence-corrected chi connectivity index (χ2v) is 5.86. The van der Waals surface area contributed by atoms with Gasteiger partial charge in [-0.2, -0.15) is 13.2 Å². The number of piperidine rings is 1. The third-order valence-corrected chi connectivity index (χ3v) is 4.30. The van der Waals surface area contributed by atoms with Gasteiger partial charge >= 0.3 is 12.2 Å². The first-order valence-corrected chi connectivity index (χ1v) is 7.11. The van der Waals surface area contributed by atoms with Crippen molar-refractivity contribution in [3.05, 3.63) is 0 Å². The maximum Gasteiger partial charge on any atom is 0.417 e. The quantitative estimate of drug-likeness (QED) is 0.839. The molecule has 7 heteroatoms. The zero-order chi connectivity index (χ0) is 15.0. The Balaban J connectivity index is 1.78. The van der Waals surface area contributed by atoms with Crippen molar-refractivity contribution in [2.24, 2.45) is 5.92 Å². The summed E-state index contributed by atoms with van der Waals surface area (Å²) < 4.78 is 37.9. The molecule has 20 heavy (non-hydrogen) atoms. The molecule has 0 aromatic carbocycles. The Hall–Kier alpha value is -0.980. The van der Waals surface area contributed by atoms with Gasteiger partial charge in [0, 0.05) is 32.0 Å². The maximum absolute atomic E-state index is 12.6. The number of alkyl halides is 3. The first-order chi connectivity index (χ1) is 9.27. The number of carbonyl (C=O) groups excluding carboxylic acids is 1. The van der Waals surface area contributed by atoms with E-state index >= 15 is 0 Å². The normalized spacial score (nSPS) is 29.1. The van der Waals surface area contributed by atoms with Crippen LogP contribution in [0.1, 0.15) is 39.0 Å². The molecule has 4 nitrogen and oxygen atoms in total. The molecular formula is C13H21F3N2O2. The Morgan fingerprint density at radius 2 is 2.00 bits per heavy atom. The van der Waals surface area contributed by atoms with Crippen LogP contribution in [0, 0.1) is 5.92 Å². The summed E-state index contributed by atoms with van der Waals surface area (Å²) in [7, 11) is 0. The van der Waals surface area contributed by atoms with Gasteiger partial charge in [0.25, 0.3) is 0 Å². The topological polar surface area (TPSA) is 52.6 Å². The molecule has 2 unspecified atom stereocenters. The summed E-state index contributed by atoms with van der Waals surface area (Å²) in [5.74, 6) is 0.515. The van der Waals surface area contributed by atoms with Gasteiger partial charge in [-0.25, -0.2) is 4.79 Å². The van der Waals surface area contributed by atoms with Crippen LogP contribution in [-0.2, 0) is 0 Å². The summed E-state index contributed by atoms with van der Waals surface area (Å²) >= 11 is 0. The molecule has 2 amide bonds. The van der Waals surface area contributed by atoms with Crippen molar-refractivity contribution in [3.8, 4) is 0 Å². The number of urea groups is 1. The lowest BCUT2D eigenvalue weighted by Gasteiger charge is -2.39. The van der Waals surface area contributed by atoms with Crippen LogP contribution in [0.25, 0.3) is 0 Å². The van der Waals surface area contributed by atoms with Gasteiger partial charge in [-0.15, -0.1) is 0 Å². The number of aliphatic hydroxyl groups is 1. The molecule has 2 N–H and O–H groups in total. The van der Waals surface area contributed by atoms with Crippen molar-refractivity contribution in [1.29, 1.82) is 0 Å². The number of rotatable bonds is 3. The number of carbonyl (C=O) groups is 1. The predicted molar refractivity (Wildman–Crippen MR) is 67.1 cm³/mol. The molecule has 2 atom stereocenters. The number of amides is 2. The van der Waals surface area contributed by atoms with Crippen molar-refractivity contribution in [3.63, 3.8) is 0 Å². The van der Waals surface area contributed by atoms with Crippen LogP contribution in [0.15, 0.2) is 0 Å². The number of hydrogen-bond acceptors (Lipinski definition) is 2. The van der Waals surface area contributed by atoms with Gasteiger partial charge in [-0.1, -0.05) is 13.3 Å². The minimum absolute atomic E-state index is 0.0625. The van der Waals surface area contributed by atoms with Crippen LogP contribution >= 0.6 is 0 Å². The molecule has 1 aliphatic heterocycles. The van der Waals surface area contributed by atoms with Crippen LogP contribution in [0.4, 0.5) is 18.0 Å². The fourth-order valence-electron chi connectivity index (χ4n) is 2.73. The SMILES string of the molecule is CCCC1CC1NC(=O)N1CCC(O)(C(F)(F)F)CC1. The molecule has 1 heterocycles. The number of nitrogens with one attached hydrogen (secondary N) is 1. The lowest BCUT2D eigenvalue weighted by molar-refractivity contribution is -0.271. The standard InChI is InChI=1S/C13H21F3N2O2/c1-2-3-9-8-10(9)17-11(19)18-6-4-12(20,5-7-18)13(14,15)16/h9-10,20H,2-8H2,1H3,(H,17,19). The maximum atomic E-state index is 12.6. The van der Waals surface area contributed by atoms with E-state index in [2.05, 4.69) is 12.2 Å². The first kappa shape index (κ1) is 15.4. The van der Waals surface area contributed by atoms with Crippen LogP contribution in [-0.4, -0.2) is 46.9 Å². The van der Waals surface area contributed by atoms with Gasteiger partial charge in [-0.05, 0) is 18.8 Å². The van der Waals surface area contributed by atoms with Gasteiger partial charge in [0.05, 0.1) is 0 Å². The third kappa shape index (κ3) is 3.19. The monoisotopic (exact) mass is 294 g/mol. The molecule has 0 bridgehead atoms. The molecule has 1 aliphatic carbocycles. The van der Waals surface area contributed by atoms with Crippen LogP contribution in [0.3, 0.4) is 0 Å². The second kappa shape index (κ2) is 5.42. The fraction of sp³-hybridized carbons (Fsp3) is 0.923. The summed E-state index contributed by atoms with van der Waals surface area (Å²) in [6.07, 6.45) is -2.43. The van der Waals surface area contributed by atoms with Gasteiger partial charge in [0.15, 0.2) is 5.60 Å². The minimum Gasteiger partial charge on any atom is -0.380 e. The smallest absolute Gasteiger partial charge is 0.380 e. The molecular weight excluding hydrogens is 273 g/mol. The van der Waals surface area contributed by atoms with Crippen LogP contribution in [0.5, 0.6) is 0 Å². The van der Waals surface area contributed by atoms with Crippen molar-refractivity contribution in [1.82, 2.24) is 10.2 Å². The molecule has 1 saturated heterocycles. The summed E-state index contributed by atoms with van der Waals surface area (Å²) in [6, 6.07) is -0.135. The van der Waals surface area contributed by atoms with Crippen molar-refractivity contribution in [2.45, 2.75) is 56.8 Å². The summed E-state index contributed by atoms with van der Waals surface area (Å²) in [6.45, 7) is 1.96. The van der Waals surface area contributed by atoms with E-state index in [-0.39, 0.29) is 25.2 Å². The van der Waals surface area contributed by atoms with E-state index in [1.165, 1.54) is 4.90 Å². The number of likely N-dealkylation sites (tertiary alicyclic amines) is 1. The zero-order valence-electron chi connectivity index (χ0n) is 11.5. The highest BCUT2D eigenvalue weighted by atomic mass is 19.4. The largest absolute Gasteiger partial charge is 0.417 e. The lowest BCUT2D eigenvalue weighted by atomic mass is 9.91. The molecule has 2 rings (SSSR count). The van der Waals surface area contributed by atoms with E-state index in [1.54, 1.807) is 0 Å². The van der Waals surface area contributed by atoms with E-state index in [1.807, 2.05) is 0 Å².